The van der Waals surface area contributed by atoms with E-state index < -0.39 is 0 Å². The Morgan fingerprint density at radius 2 is 2.00 bits per heavy atom. The Kier molecular flexibility index (Phi) is 4.52. The molecule has 0 saturated carbocycles. The predicted molar refractivity (Wildman–Crippen MR) is 87.5 cm³/mol. The van der Waals surface area contributed by atoms with Crippen LogP contribution in [0.1, 0.15) is 31.2 Å². The number of rotatable bonds is 4. The lowest BCUT2D eigenvalue weighted by Crippen LogP contribution is -2.50. The van der Waals surface area contributed by atoms with Crippen LogP contribution in [0.25, 0.3) is 0 Å². The zero-order chi connectivity index (χ0) is 16.4. The van der Waals surface area contributed by atoms with E-state index in [0.717, 1.165) is 5.56 Å². The van der Waals surface area contributed by atoms with Crippen LogP contribution in [0.3, 0.4) is 0 Å². The van der Waals surface area contributed by atoms with Crippen molar-refractivity contribution in [2.24, 2.45) is 0 Å². The van der Waals surface area contributed by atoms with Gasteiger partial charge in [-0.1, -0.05) is 42.7 Å². The normalized spacial score (nSPS) is 15.6. The van der Waals surface area contributed by atoms with E-state index in [9.17, 15) is 4.79 Å². The number of anilines is 1. The van der Waals surface area contributed by atoms with Crippen LogP contribution < -0.4 is 4.90 Å². The lowest BCUT2D eigenvalue weighted by Gasteiger charge is -2.33. The summed E-state index contributed by atoms with van der Waals surface area (Å²) in [5.74, 6) is 0.918. The fourth-order valence-corrected chi connectivity index (χ4v) is 2.56. The number of aromatic nitrogens is 2. The van der Waals surface area contributed by atoms with E-state index in [-0.39, 0.29) is 18.4 Å². The molecule has 0 aliphatic carbocycles. The topological polar surface area (TPSA) is 62.5 Å². The van der Waals surface area contributed by atoms with Crippen molar-refractivity contribution in [3.8, 4) is 0 Å². The van der Waals surface area contributed by atoms with Crippen LogP contribution in [0.4, 0.5) is 6.01 Å². The van der Waals surface area contributed by atoms with E-state index in [1.807, 2.05) is 47.9 Å². The van der Waals surface area contributed by atoms with Crippen molar-refractivity contribution in [2.45, 2.75) is 26.3 Å². The number of piperazine rings is 1. The molecule has 6 nitrogen and oxygen atoms in total. The molecule has 23 heavy (non-hydrogen) atoms. The maximum absolute atomic E-state index is 12.4. The maximum atomic E-state index is 12.4. The lowest BCUT2D eigenvalue weighted by molar-refractivity contribution is -0.131. The molecule has 3 rings (SSSR count). The zero-order valence-electron chi connectivity index (χ0n) is 13.2. The van der Waals surface area contributed by atoms with Crippen molar-refractivity contribution in [1.29, 1.82) is 0 Å². The molecule has 2 aromatic rings. The highest BCUT2D eigenvalue weighted by Gasteiger charge is 2.27. The van der Waals surface area contributed by atoms with Crippen LogP contribution in [0.15, 0.2) is 28.8 Å². The Balaban J connectivity index is 1.62. The van der Waals surface area contributed by atoms with Gasteiger partial charge in [0.05, 0.1) is 0 Å². The van der Waals surface area contributed by atoms with Crippen molar-refractivity contribution in [3.05, 3.63) is 40.7 Å². The molecule has 1 aromatic heterocycles. The third-order valence-corrected chi connectivity index (χ3v) is 4.08. The largest absolute Gasteiger partial charge is 0.335 e. The fraction of sp³-hybridized carbons (Fsp3) is 0.438. The monoisotopic (exact) mass is 334 g/mol. The molecule has 0 bridgehead atoms. The first kappa shape index (κ1) is 15.8. The van der Waals surface area contributed by atoms with Crippen LogP contribution in [-0.4, -0.2) is 40.6 Å². The molecular weight excluding hydrogens is 316 g/mol. The average Bonchev–Trinajstić information content (AvgIpc) is 3.01. The summed E-state index contributed by atoms with van der Waals surface area (Å²) in [6.07, 6.45) is 0. The highest BCUT2D eigenvalue weighted by Crippen LogP contribution is 2.19. The first-order valence-electron chi connectivity index (χ1n) is 7.63. The molecule has 1 amide bonds. The van der Waals surface area contributed by atoms with Crippen LogP contribution in [0.5, 0.6) is 0 Å². The molecule has 0 N–H and O–H groups in total. The molecule has 1 fully saturated rings. The Hall–Kier alpha value is -2.08. The summed E-state index contributed by atoms with van der Waals surface area (Å²) < 4.78 is 5.26. The summed E-state index contributed by atoms with van der Waals surface area (Å²) in [5.41, 5.74) is 1.07. The van der Waals surface area contributed by atoms with Gasteiger partial charge in [0.1, 0.15) is 6.54 Å². The van der Waals surface area contributed by atoms with Gasteiger partial charge in [-0.2, -0.15) is 4.98 Å². The minimum atomic E-state index is 0.0514. The number of nitrogens with zero attached hydrogens (tertiary/aromatic N) is 4. The molecule has 122 valence electrons. The Labute approximate surface area is 140 Å². The lowest BCUT2D eigenvalue weighted by atomic mass is 10.2. The first-order valence-corrected chi connectivity index (χ1v) is 8.01. The van der Waals surface area contributed by atoms with E-state index in [0.29, 0.717) is 36.5 Å². The van der Waals surface area contributed by atoms with Gasteiger partial charge < -0.3 is 14.3 Å². The van der Waals surface area contributed by atoms with Gasteiger partial charge in [-0.25, -0.2) is 0 Å². The van der Waals surface area contributed by atoms with Crippen LogP contribution >= 0.6 is 11.6 Å². The maximum Gasteiger partial charge on any atom is 0.324 e. The van der Waals surface area contributed by atoms with E-state index >= 15 is 0 Å². The van der Waals surface area contributed by atoms with Crippen LogP contribution in [0.2, 0.25) is 5.02 Å². The summed E-state index contributed by atoms with van der Waals surface area (Å²) in [5, 5.41) is 4.64. The molecular formula is C16H19ClN4O2. The summed E-state index contributed by atoms with van der Waals surface area (Å²) in [6.45, 7) is 6.16. The second-order valence-corrected chi connectivity index (χ2v) is 6.39. The zero-order valence-corrected chi connectivity index (χ0v) is 14.0. The first-order chi connectivity index (χ1) is 11.0. The number of hydrogen-bond donors (Lipinski definition) is 0. The molecule has 7 heteroatoms. The van der Waals surface area contributed by atoms with Crippen LogP contribution in [0, 0.1) is 0 Å². The van der Waals surface area contributed by atoms with Crippen molar-refractivity contribution in [3.63, 3.8) is 0 Å². The molecule has 1 aliphatic heterocycles. The number of hydrogen-bond acceptors (Lipinski definition) is 5. The third kappa shape index (κ3) is 3.64. The quantitative estimate of drug-likeness (QED) is 0.860. The molecule has 0 radical (unpaired) electrons. The minimum absolute atomic E-state index is 0.0514. The standard InChI is InChI=1S/C16H19ClN4O2/c1-11(2)15-18-16(23-19-15)21-8-7-20(14(22)10-21)9-12-3-5-13(17)6-4-12/h3-6,11H,7-10H2,1-2H3. The molecule has 1 aliphatic rings. The smallest absolute Gasteiger partial charge is 0.324 e. The molecule has 0 unspecified atom stereocenters. The molecule has 1 saturated heterocycles. The second kappa shape index (κ2) is 6.58. The predicted octanol–water partition coefficient (Wildman–Crippen LogP) is 2.70. The van der Waals surface area contributed by atoms with Gasteiger partial charge in [-0.15, -0.1) is 0 Å². The summed E-state index contributed by atoms with van der Waals surface area (Å²) in [7, 11) is 0. The van der Waals surface area contributed by atoms with Gasteiger partial charge in [0, 0.05) is 30.6 Å². The molecule has 0 spiro atoms. The van der Waals surface area contributed by atoms with Gasteiger partial charge in [-0.05, 0) is 17.7 Å². The van der Waals surface area contributed by atoms with Crippen LogP contribution in [-0.2, 0) is 11.3 Å². The summed E-state index contributed by atoms with van der Waals surface area (Å²) >= 11 is 5.88. The Morgan fingerprint density at radius 1 is 1.26 bits per heavy atom. The van der Waals surface area contributed by atoms with Gasteiger partial charge in [-0.3, -0.25) is 4.79 Å². The number of amides is 1. The SMILES string of the molecule is CC(C)c1noc(N2CCN(Cc3ccc(Cl)cc3)C(=O)C2)n1. The number of halogens is 1. The van der Waals surface area contributed by atoms with Crippen molar-refractivity contribution in [1.82, 2.24) is 15.0 Å². The van der Waals surface area contributed by atoms with Gasteiger partial charge in [0.15, 0.2) is 5.82 Å². The molecule has 1 aromatic carbocycles. The van der Waals surface area contributed by atoms with Crippen molar-refractivity contribution >= 4 is 23.5 Å². The fourth-order valence-electron chi connectivity index (χ4n) is 2.44. The summed E-state index contributed by atoms with van der Waals surface area (Å²) in [4.78, 5) is 20.4. The van der Waals surface area contributed by atoms with E-state index in [1.54, 1.807) is 0 Å². The Morgan fingerprint density at radius 3 is 2.61 bits per heavy atom. The van der Waals surface area contributed by atoms with E-state index in [2.05, 4.69) is 10.1 Å². The van der Waals surface area contributed by atoms with Gasteiger partial charge in [0.2, 0.25) is 5.91 Å². The molecule has 2 heterocycles. The summed E-state index contributed by atoms with van der Waals surface area (Å²) in [6, 6.07) is 7.98. The number of benzene rings is 1. The average molecular weight is 335 g/mol. The third-order valence-electron chi connectivity index (χ3n) is 3.82. The van der Waals surface area contributed by atoms with Crippen molar-refractivity contribution in [2.75, 3.05) is 24.5 Å². The second-order valence-electron chi connectivity index (χ2n) is 5.95. The molecule has 0 atom stereocenters. The highest BCUT2D eigenvalue weighted by molar-refractivity contribution is 6.30. The van der Waals surface area contributed by atoms with Gasteiger partial charge >= 0.3 is 6.01 Å². The minimum Gasteiger partial charge on any atom is -0.335 e. The number of carbonyl (C=O) groups excluding carboxylic acids is 1. The van der Waals surface area contributed by atoms with Crippen molar-refractivity contribution < 1.29 is 9.32 Å². The number of carbonyl (C=O) groups is 1. The highest BCUT2D eigenvalue weighted by atomic mass is 35.5. The van der Waals surface area contributed by atoms with E-state index in [4.69, 9.17) is 16.1 Å². The Bertz CT molecular complexity index is 684. The van der Waals surface area contributed by atoms with Gasteiger partial charge in [0.25, 0.3) is 0 Å². The van der Waals surface area contributed by atoms with E-state index in [1.165, 1.54) is 0 Å².